The topological polar surface area (TPSA) is 33.4 Å². The molecule has 1 saturated heterocycles. The normalized spacial score (nSPS) is 20.0. The van der Waals surface area contributed by atoms with Crippen molar-refractivity contribution in [1.29, 1.82) is 0 Å². The molecule has 2 aromatic rings. The van der Waals surface area contributed by atoms with Gasteiger partial charge in [-0.15, -0.1) is 0 Å². The zero-order chi connectivity index (χ0) is 14.3. The molecule has 0 N–H and O–H groups in total. The third kappa shape index (κ3) is 2.43. The van der Waals surface area contributed by atoms with Gasteiger partial charge in [0.2, 0.25) is 0 Å². The van der Waals surface area contributed by atoms with E-state index >= 15 is 0 Å². The summed E-state index contributed by atoms with van der Waals surface area (Å²) in [6.45, 7) is 8.74. The number of aromatic nitrogens is 3. The molecule has 1 atom stereocenters. The Morgan fingerprint density at radius 2 is 2.20 bits per heavy atom. The maximum Gasteiger partial charge on any atom is 0.154 e. The van der Waals surface area contributed by atoms with E-state index < -0.39 is 0 Å². The number of fused-ring (bicyclic) bond motifs is 1. The Labute approximate surface area is 128 Å². The second-order valence-corrected chi connectivity index (χ2v) is 7.26. The van der Waals surface area contributed by atoms with E-state index in [9.17, 15) is 0 Å². The second-order valence-electron chi connectivity index (χ2n) is 6.62. The largest absolute Gasteiger partial charge is 0.355 e. The van der Waals surface area contributed by atoms with E-state index in [-0.39, 0.29) is 5.41 Å². The molecule has 1 aliphatic rings. The van der Waals surface area contributed by atoms with Crippen LogP contribution in [0, 0.1) is 5.92 Å². The van der Waals surface area contributed by atoms with Crippen LogP contribution in [0.4, 0.5) is 5.82 Å². The Morgan fingerprint density at radius 3 is 2.85 bits per heavy atom. The molecule has 108 valence electrons. The molecule has 1 fully saturated rings. The molecule has 0 aliphatic carbocycles. The van der Waals surface area contributed by atoms with Crippen molar-refractivity contribution in [2.75, 3.05) is 23.3 Å². The Morgan fingerprint density at radius 1 is 1.40 bits per heavy atom. The molecule has 0 saturated carbocycles. The van der Waals surface area contributed by atoms with Gasteiger partial charge in [-0.3, -0.25) is 0 Å². The van der Waals surface area contributed by atoms with Crippen LogP contribution >= 0.6 is 15.9 Å². The summed E-state index contributed by atoms with van der Waals surface area (Å²) in [7, 11) is 0. The molecular weight excluding hydrogens is 316 g/mol. The fourth-order valence-corrected chi connectivity index (χ4v) is 3.20. The van der Waals surface area contributed by atoms with Crippen molar-refractivity contribution in [3.8, 4) is 0 Å². The molecule has 0 aromatic carbocycles. The zero-order valence-corrected chi connectivity index (χ0v) is 13.9. The first kappa shape index (κ1) is 13.9. The average Bonchev–Trinajstić information content (AvgIpc) is 3.04. The molecule has 2 aromatic heterocycles. The van der Waals surface area contributed by atoms with E-state index in [4.69, 9.17) is 5.10 Å². The van der Waals surface area contributed by atoms with Gasteiger partial charge in [-0.2, -0.15) is 5.10 Å². The number of alkyl halides is 1. The maximum atomic E-state index is 4.70. The fraction of sp³-hybridized carbons (Fsp3) is 0.600. The minimum atomic E-state index is 0.0622. The summed E-state index contributed by atoms with van der Waals surface area (Å²) in [4.78, 5) is 6.99. The highest BCUT2D eigenvalue weighted by Gasteiger charge is 2.25. The first-order valence-electron chi connectivity index (χ1n) is 7.15. The Kier molecular flexibility index (Phi) is 3.48. The minimum absolute atomic E-state index is 0.0622. The summed E-state index contributed by atoms with van der Waals surface area (Å²) in [5, 5.41) is 5.76. The molecule has 3 rings (SSSR count). The molecule has 0 spiro atoms. The molecule has 1 unspecified atom stereocenters. The molecular formula is C15H21BrN4. The monoisotopic (exact) mass is 336 g/mol. The summed E-state index contributed by atoms with van der Waals surface area (Å²) < 4.78 is 1.96. The van der Waals surface area contributed by atoms with E-state index in [1.54, 1.807) is 0 Å². The van der Waals surface area contributed by atoms with Gasteiger partial charge in [0.1, 0.15) is 5.52 Å². The molecule has 0 radical (unpaired) electrons. The van der Waals surface area contributed by atoms with Crippen LogP contribution in [0.5, 0.6) is 0 Å². The van der Waals surface area contributed by atoms with Crippen molar-refractivity contribution in [2.45, 2.75) is 32.6 Å². The SMILES string of the molecule is CC(C)(C)c1cc2c(N3CCC(CBr)C3)nccn2n1. The van der Waals surface area contributed by atoms with Crippen LogP contribution in [-0.4, -0.2) is 33.0 Å². The lowest BCUT2D eigenvalue weighted by Gasteiger charge is -2.17. The van der Waals surface area contributed by atoms with Crippen LogP contribution in [-0.2, 0) is 5.41 Å². The van der Waals surface area contributed by atoms with Gasteiger partial charge < -0.3 is 4.90 Å². The molecule has 1 aliphatic heterocycles. The molecule has 5 heteroatoms. The predicted octanol–water partition coefficient (Wildman–Crippen LogP) is 3.25. The Bertz CT molecular complexity index is 614. The minimum Gasteiger partial charge on any atom is -0.355 e. The van der Waals surface area contributed by atoms with E-state index in [0.29, 0.717) is 0 Å². The van der Waals surface area contributed by atoms with Crippen LogP contribution in [0.25, 0.3) is 5.52 Å². The summed E-state index contributed by atoms with van der Waals surface area (Å²) in [5.41, 5.74) is 2.29. The summed E-state index contributed by atoms with van der Waals surface area (Å²) in [5.74, 6) is 1.79. The van der Waals surface area contributed by atoms with Crippen molar-refractivity contribution in [2.24, 2.45) is 5.92 Å². The number of halogens is 1. The van der Waals surface area contributed by atoms with Gasteiger partial charge in [0.25, 0.3) is 0 Å². The average molecular weight is 337 g/mol. The highest BCUT2D eigenvalue weighted by molar-refractivity contribution is 9.09. The van der Waals surface area contributed by atoms with Crippen LogP contribution in [0.15, 0.2) is 18.5 Å². The first-order valence-corrected chi connectivity index (χ1v) is 8.27. The van der Waals surface area contributed by atoms with Crippen molar-refractivity contribution >= 4 is 27.3 Å². The maximum absolute atomic E-state index is 4.70. The van der Waals surface area contributed by atoms with Crippen LogP contribution in [0.2, 0.25) is 0 Å². The predicted molar refractivity (Wildman–Crippen MR) is 85.8 cm³/mol. The van der Waals surface area contributed by atoms with Crippen LogP contribution in [0.3, 0.4) is 0 Å². The van der Waals surface area contributed by atoms with Gasteiger partial charge in [0, 0.05) is 36.2 Å². The third-order valence-corrected chi connectivity index (χ3v) is 4.86. The standard InChI is InChI=1S/C15H21BrN4/c1-15(2,3)13-8-12-14(17-5-7-20(12)18-13)19-6-4-11(9-16)10-19/h5,7-8,11H,4,6,9-10H2,1-3H3. The van der Waals surface area contributed by atoms with E-state index in [1.165, 1.54) is 6.42 Å². The zero-order valence-electron chi connectivity index (χ0n) is 12.3. The van der Waals surface area contributed by atoms with Gasteiger partial charge in [-0.25, -0.2) is 9.50 Å². The van der Waals surface area contributed by atoms with E-state index in [0.717, 1.165) is 41.4 Å². The molecule has 3 heterocycles. The quantitative estimate of drug-likeness (QED) is 0.789. The second kappa shape index (κ2) is 5.02. The summed E-state index contributed by atoms with van der Waals surface area (Å²) in [6.07, 6.45) is 5.02. The van der Waals surface area contributed by atoms with Gasteiger partial charge in [-0.1, -0.05) is 36.7 Å². The molecule has 0 bridgehead atoms. The Hall–Kier alpha value is -1.10. The smallest absolute Gasteiger partial charge is 0.154 e. The number of hydrogen-bond donors (Lipinski definition) is 0. The van der Waals surface area contributed by atoms with Crippen molar-refractivity contribution in [3.05, 3.63) is 24.2 Å². The van der Waals surface area contributed by atoms with Crippen LogP contribution < -0.4 is 4.90 Å². The van der Waals surface area contributed by atoms with Crippen molar-refractivity contribution in [1.82, 2.24) is 14.6 Å². The fourth-order valence-electron chi connectivity index (χ4n) is 2.67. The van der Waals surface area contributed by atoms with E-state index in [1.807, 2.05) is 16.9 Å². The summed E-state index contributed by atoms with van der Waals surface area (Å²) >= 11 is 3.59. The molecule has 4 nitrogen and oxygen atoms in total. The van der Waals surface area contributed by atoms with Gasteiger partial charge in [0.15, 0.2) is 5.82 Å². The lowest BCUT2D eigenvalue weighted by Crippen LogP contribution is -2.21. The molecule has 20 heavy (non-hydrogen) atoms. The van der Waals surface area contributed by atoms with Crippen molar-refractivity contribution < 1.29 is 0 Å². The summed E-state index contributed by atoms with van der Waals surface area (Å²) in [6, 6.07) is 2.18. The number of rotatable bonds is 2. The van der Waals surface area contributed by atoms with Gasteiger partial charge >= 0.3 is 0 Å². The number of hydrogen-bond acceptors (Lipinski definition) is 3. The van der Waals surface area contributed by atoms with Crippen LogP contribution in [0.1, 0.15) is 32.9 Å². The third-order valence-electron chi connectivity index (χ3n) is 3.94. The van der Waals surface area contributed by atoms with E-state index in [2.05, 4.69) is 52.7 Å². The highest BCUT2D eigenvalue weighted by Crippen LogP contribution is 2.29. The number of anilines is 1. The lowest BCUT2D eigenvalue weighted by molar-refractivity contribution is 0.562. The van der Waals surface area contributed by atoms with Gasteiger partial charge in [0.05, 0.1) is 5.69 Å². The van der Waals surface area contributed by atoms with Crippen molar-refractivity contribution in [3.63, 3.8) is 0 Å². The first-order chi connectivity index (χ1) is 9.49. The molecule has 0 amide bonds. The number of nitrogens with zero attached hydrogens (tertiary/aromatic N) is 4. The Balaban J connectivity index is 2.01. The highest BCUT2D eigenvalue weighted by atomic mass is 79.9. The van der Waals surface area contributed by atoms with Gasteiger partial charge in [-0.05, 0) is 18.4 Å². The lowest BCUT2D eigenvalue weighted by atomic mass is 9.92.